The normalized spacial score (nSPS) is 21.4. The second-order valence-electron chi connectivity index (χ2n) is 7.09. The fraction of sp³-hybridized carbons (Fsp3) is 0.529. The van der Waals surface area contributed by atoms with Crippen LogP contribution in [0.1, 0.15) is 25.0 Å². The van der Waals surface area contributed by atoms with Gasteiger partial charge in [0.05, 0.1) is 11.6 Å². The second-order valence-corrected chi connectivity index (χ2v) is 9.07. The molecule has 1 fully saturated rings. The molecule has 1 saturated heterocycles. The predicted molar refractivity (Wildman–Crippen MR) is 99.3 cm³/mol. The quantitative estimate of drug-likeness (QED) is 0.859. The molecule has 2 aliphatic rings. The van der Waals surface area contributed by atoms with Crippen molar-refractivity contribution in [2.24, 2.45) is 0 Å². The number of hydrogen-bond acceptors (Lipinski definition) is 5. The van der Waals surface area contributed by atoms with Gasteiger partial charge in [-0.25, -0.2) is 27.2 Å². The number of fused-ring (bicyclic) bond motifs is 1. The molecule has 4 heterocycles. The molecule has 0 bridgehead atoms. The van der Waals surface area contributed by atoms with Gasteiger partial charge in [-0.2, -0.15) is 4.31 Å². The van der Waals surface area contributed by atoms with E-state index in [4.69, 9.17) is 0 Å². The molecule has 27 heavy (non-hydrogen) atoms. The Morgan fingerprint density at radius 1 is 1.19 bits per heavy atom. The van der Waals surface area contributed by atoms with Gasteiger partial charge in [-0.3, -0.25) is 0 Å². The number of aromatic nitrogens is 3. The molecule has 7 nitrogen and oxygen atoms in total. The zero-order valence-corrected chi connectivity index (χ0v) is 15.8. The van der Waals surface area contributed by atoms with Gasteiger partial charge < -0.3 is 9.88 Å². The largest absolute Gasteiger partial charge is 0.356 e. The zero-order chi connectivity index (χ0) is 19.2. The van der Waals surface area contributed by atoms with E-state index in [1.165, 1.54) is 16.9 Å². The first-order valence-electron chi connectivity index (χ1n) is 8.84. The Morgan fingerprint density at radius 3 is 2.56 bits per heavy atom. The summed E-state index contributed by atoms with van der Waals surface area (Å²) in [6.45, 7) is 1.28. The van der Waals surface area contributed by atoms with Crippen molar-refractivity contribution >= 4 is 32.4 Å². The number of sulfonamides is 1. The lowest BCUT2D eigenvalue weighted by Crippen LogP contribution is -2.39. The number of anilines is 1. The summed E-state index contributed by atoms with van der Waals surface area (Å²) in [5, 5.41) is 0.796. The van der Waals surface area contributed by atoms with E-state index in [-0.39, 0.29) is 25.9 Å². The molecule has 2 aromatic rings. The Bertz CT molecular complexity index is 992. The first-order valence-corrected chi connectivity index (χ1v) is 10.7. The van der Waals surface area contributed by atoms with Crippen LogP contribution in [-0.4, -0.2) is 66.0 Å². The first-order chi connectivity index (χ1) is 12.7. The third kappa shape index (κ3) is 3.68. The third-order valence-corrected chi connectivity index (χ3v) is 6.46. The van der Waals surface area contributed by atoms with Crippen LogP contribution in [0.25, 0.3) is 16.6 Å². The number of nitrogens with zero attached hydrogens (tertiary/aromatic N) is 4. The zero-order valence-electron chi connectivity index (χ0n) is 15.0. The van der Waals surface area contributed by atoms with Crippen LogP contribution in [0.2, 0.25) is 0 Å². The van der Waals surface area contributed by atoms with Crippen molar-refractivity contribution in [3.8, 4) is 0 Å². The lowest BCUT2D eigenvalue weighted by molar-refractivity contribution is -0.0221. The fourth-order valence-electron chi connectivity index (χ4n) is 3.59. The van der Waals surface area contributed by atoms with Crippen molar-refractivity contribution in [2.75, 3.05) is 37.3 Å². The van der Waals surface area contributed by atoms with Crippen LogP contribution in [0.3, 0.4) is 0 Å². The highest BCUT2D eigenvalue weighted by atomic mass is 32.2. The van der Waals surface area contributed by atoms with E-state index in [2.05, 4.69) is 15.0 Å². The van der Waals surface area contributed by atoms with E-state index < -0.39 is 15.9 Å². The molecule has 0 saturated carbocycles. The van der Waals surface area contributed by atoms with Crippen LogP contribution in [0, 0.1) is 0 Å². The maximum absolute atomic E-state index is 13.5. The maximum Gasteiger partial charge on any atom is 0.251 e. The van der Waals surface area contributed by atoms with Crippen LogP contribution in [-0.2, 0) is 10.0 Å². The highest BCUT2D eigenvalue weighted by Gasteiger charge is 2.35. The summed E-state index contributed by atoms with van der Waals surface area (Å²) < 4.78 is 51.6. The Labute approximate surface area is 156 Å². The Balaban J connectivity index is 1.61. The molecule has 0 atom stereocenters. The highest BCUT2D eigenvalue weighted by Crippen LogP contribution is 2.34. The van der Waals surface area contributed by atoms with Gasteiger partial charge in [0, 0.05) is 44.7 Å². The van der Waals surface area contributed by atoms with E-state index >= 15 is 0 Å². The Morgan fingerprint density at radius 2 is 1.93 bits per heavy atom. The second kappa shape index (κ2) is 6.52. The standard InChI is InChI=1S/C17H21F2N5O2S/c1-27(25,26)24-6-2-12(3-7-24)14-10-13-15(22-14)20-11-21-16(13)23-8-4-17(18,19)5-9-23/h2,10-11H,3-9H2,1H3,(H,20,21,22). The number of halogens is 2. The molecule has 2 aliphatic heterocycles. The van der Waals surface area contributed by atoms with Gasteiger partial charge in [0.1, 0.15) is 17.8 Å². The van der Waals surface area contributed by atoms with E-state index in [0.717, 1.165) is 16.7 Å². The summed E-state index contributed by atoms with van der Waals surface area (Å²) in [6, 6.07) is 1.93. The Kier molecular flexibility index (Phi) is 4.42. The van der Waals surface area contributed by atoms with Crippen molar-refractivity contribution in [3.05, 3.63) is 24.2 Å². The minimum Gasteiger partial charge on any atom is -0.356 e. The van der Waals surface area contributed by atoms with Crippen LogP contribution >= 0.6 is 0 Å². The minimum atomic E-state index is -3.20. The third-order valence-electron chi connectivity index (χ3n) is 5.19. The predicted octanol–water partition coefficient (Wildman–Crippen LogP) is 2.24. The van der Waals surface area contributed by atoms with E-state index in [0.29, 0.717) is 31.0 Å². The van der Waals surface area contributed by atoms with Gasteiger partial charge in [-0.15, -0.1) is 0 Å². The van der Waals surface area contributed by atoms with Gasteiger partial charge in [0.25, 0.3) is 5.92 Å². The number of H-pyrrole nitrogens is 1. The first kappa shape index (κ1) is 18.3. The molecule has 10 heteroatoms. The summed E-state index contributed by atoms with van der Waals surface area (Å²) in [5.74, 6) is -1.95. The van der Waals surface area contributed by atoms with Crippen molar-refractivity contribution in [2.45, 2.75) is 25.2 Å². The number of piperidine rings is 1. The van der Waals surface area contributed by atoms with Gasteiger partial charge in [0.2, 0.25) is 10.0 Å². The molecule has 146 valence electrons. The summed E-state index contributed by atoms with van der Waals surface area (Å²) in [7, 11) is -3.20. The van der Waals surface area contributed by atoms with Crippen LogP contribution in [0.5, 0.6) is 0 Å². The van der Waals surface area contributed by atoms with Gasteiger partial charge in [0.15, 0.2) is 0 Å². The summed E-state index contributed by atoms with van der Waals surface area (Å²) in [5.41, 5.74) is 2.53. The van der Waals surface area contributed by atoms with E-state index in [1.807, 2.05) is 17.0 Å². The molecule has 2 aromatic heterocycles. The van der Waals surface area contributed by atoms with Crippen LogP contribution < -0.4 is 4.90 Å². The summed E-state index contributed by atoms with van der Waals surface area (Å²) in [6.07, 6.45) is 4.77. The van der Waals surface area contributed by atoms with E-state index in [9.17, 15) is 17.2 Å². The van der Waals surface area contributed by atoms with Crippen molar-refractivity contribution in [1.82, 2.24) is 19.3 Å². The topological polar surface area (TPSA) is 82.2 Å². The molecule has 0 unspecified atom stereocenters. The molecule has 4 rings (SSSR count). The maximum atomic E-state index is 13.5. The molecule has 0 amide bonds. The number of alkyl halides is 2. The number of nitrogens with one attached hydrogen (secondary N) is 1. The molecular weight excluding hydrogens is 376 g/mol. The SMILES string of the molecule is CS(=O)(=O)N1CC=C(c2cc3c(N4CCC(F)(F)CC4)ncnc3[nH]2)CC1. The lowest BCUT2D eigenvalue weighted by atomic mass is 10.1. The number of aromatic amines is 1. The van der Waals surface area contributed by atoms with Gasteiger partial charge in [-0.1, -0.05) is 6.08 Å². The molecule has 0 radical (unpaired) electrons. The molecular formula is C17H21F2N5O2S. The highest BCUT2D eigenvalue weighted by molar-refractivity contribution is 7.88. The van der Waals surface area contributed by atoms with Crippen molar-refractivity contribution in [3.63, 3.8) is 0 Å². The van der Waals surface area contributed by atoms with Crippen molar-refractivity contribution < 1.29 is 17.2 Å². The fourth-order valence-corrected chi connectivity index (χ4v) is 4.36. The monoisotopic (exact) mass is 397 g/mol. The van der Waals surface area contributed by atoms with Crippen LogP contribution in [0.4, 0.5) is 14.6 Å². The van der Waals surface area contributed by atoms with Crippen LogP contribution in [0.15, 0.2) is 18.5 Å². The molecule has 0 spiro atoms. The van der Waals surface area contributed by atoms with E-state index in [1.54, 1.807) is 0 Å². The Hall–Kier alpha value is -2.07. The molecule has 1 N–H and O–H groups in total. The average Bonchev–Trinajstić information content (AvgIpc) is 3.05. The number of rotatable bonds is 3. The lowest BCUT2D eigenvalue weighted by Gasteiger charge is -2.32. The summed E-state index contributed by atoms with van der Waals surface area (Å²) in [4.78, 5) is 13.7. The van der Waals surface area contributed by atoms with Gasteiger partial charge >= 0.3 is 0 Å². The van der Waals surface area contributed by atoms with Crippen molar-refractivity contribution in [1.29, 1.82) is 0 Å². The average molecular weight is 397 g/mol. The molecule has 0 aliphatic carbocycles. The number of hydrogen-bond donors (Lipinski definition) is 1. The minimum absolute atomic E-state index is 0.178. The summed E-state index contributed by atoms with van der Waals surface area (Å²) >= 11 is 0. The smallest absolute Gasteiger partial charge is 0.251 e. The molecule has 0 aromatic carbocycles. The van der Waals surface area contributed by atoms with Gasteiger partial charge in [-0.05, 0) is 18.1 Å².